The van der Waals surface area contributed by atoms with Gasteiger partial charge in [0.15, 0.2) is 11.5 Å². The zero-order valence-electron chi connectivity index (χ0n) is 17.2. The number of carbonyl (C=O) groups excluding carboxylic acids is 2. The molecule has 3 rings (SSSR count). The highest BCUT2D eigenvalue weighted by atomic mass is 16.5. The van der Waals surface area contributed by atoms with Crippen LogP contribution in [0.1, 0.15) is 29.7 Å². The minimum atomic E-state index is -0.631. The first-order valence-electron chi connectivity index (χ1n) is 9.23. The van der Waals surface area contributed by atoms with E-state index in [1.165, 1.54) is 7.11 Å². The Labute approximate surface area is 170 Å². The number of benzene rings is 2. The third kappa shape index (κ3) is 4.03. The van der Waals surface area contributed by atoms with Crippen molar-refractivity contribution in [3.05, 3.63) is 64.4 Å². The van der Waals surface area contributed by atoms with Gasteiger partial charge in [0.1, 0.15) is 0 Å². The maximum atomic E-state index is 13.2. The van der Waals surface area contributed by atoms with Crippen molar-refractivity contribution in [1.29, 1.82) is 0 Å². The van der Waals surface area contributed by atoms with Gasteiger partial charge < -0.3 is 25.4 Å². The zero-order valence-corrected chi connectivity index (χ0v) is 17.2. The summed E-state index contributed by atoms with van der Waals surface area (Å²) in [4.78, 5) is 25.3. The molecule has 0 saturated heterocycles. The van der Waals surface area contributed by atoms with E-state index in [0.29, 0.717) is 28.3 Å². The number of urea groups is 1. The van der Waals surface area contributed by atoms with Gasteiger partial charge in [-0.1, -0.05) is 18.2 Å². The number of carbonyl (C=O) groups is 2. The normalized spacial score (nSPS) is 16.0. The molecule has 7 heteroatoms. The molecule has 152 valence electrons. The molecule has 29 heavy (non-hydrogen) atoms. The van der Waals surface area contributed by atoms with Gasteiger partial charge >= 0.3 is 6.03 Å². The smallest absolute Gasteiger partial charge is 0.319 e. The second-order valence-electron chi connectivity index (χ2n) is 6.89. The van der Waals surface area contributed by atoms with Gasteiger partial charge in [-0.05, 0) is 55.7 Å². The molecule has 0 spiro atoms. The molecule has 1 aliphatic rings. The Morgan fingerprint density at radius 2 is 1.76 bits per heavy atom. The molecule has 2 aromatic carbocycles. The van der Waals surface area contributed by atoms with E-state index in [4.69, 9.17) is 9.47 Å². The molecule has 7 nitrogen and oxygen atoms in total. The fourth-order valence-corrected chi connectivity index (χ4v) is 3.35. The summed E-state index contributed by atoms with van der Waals surface area (Å²) < 4.78 is 10.7. The molecule has 1 aliphatic heterocycles. The average Bonchev–Trinajstić information content (AvgIpc) is 2.70. The minimum absolute atomic E-state index is 0.288. The predicted octanol–water partition coefficient (Wildman–Crippen LogP) is 3.59. The molecule has 0 aromatic heterocycles. The standard InChI is InChI=1S/C22H25N3O4/c1-12-7-6-8-16(13(12)2)24-21(26)19-14(3)23-22(27)25-20(19)15-9-10-17(28-4)18(11-15)29-5/h6-11,20H,1-5H3,(H,24,26)(H2,23,25,27). The van der Waals surface area contributed by atoms with Crippen LogP contribution < -0.4 is 25.4 Å². The lowest BCUT2D eigenvalue weighted by molar-refractivity contribution is -0.113. The van der Waals surface area contributed by atoms with Crippen LogP contribution in [-0.4, -0.2) is 26.2 Å². The third-order valence-corrected chi connectivity index (χ3v) is 5.11. The van der Waals surface area contributed by atoms with Crippen molar-refractivity contribution >= 4 is 17.6 Å². The van der Waals surface area contributed by atoms with E-state index < -0.39 is 6.04 Å². The van der Waals surface area contributed by atoms with Crippen LogP contribution in [0.3, 0.4) is 0 Å². The summed E-state index contributed by atoms with van der Waals surface area (Å²) in [5.41, 5.74) is 4.45. The Kier molecular flexibility index (Phi) is 5.77. The molecule has 0 bridgehead atoms. The Hall–Kier alpha value is -3.48. The summed E-state index contributed by atoms with van der Waals surface area (Å²) in [7, 11) is 3.09. The first-order chi connectivity index (χ1) is 13.8. The van der Waals surface area contributed by atoms with Crippen molar-refractivity contribution in [3.63, 3.8) is 0 Å². The molecule has 3 N–H and O–H groups in total. The Balaban J connectivity index is 2.00. The Morgan fingerprint density at radius 1 is 1.03 bits per heavy atom. The van der Waals surface area contributed by atoms with Crippen LogP contribution in [0.2, 0.25) is 0 Å². The first kappa shape index (κ1) is 20.3. The summed E-state index contributed by atoms with van der Waals surface area (Å²) in [6, 6.07) is 10.0. The maximum Gasteiger partial charge on any atom is 0.319 e. The summed E-state index contributed by atoms with van der Waals surface area (Å²) in [5.74, 6) is 0.798. The Bertz CT molecular complexity index is 998. The Morgan fingerprint density at radius 3 is 2.45 bits per heavy atom. The lowest BCUT2D eigenvalue weighted by atomic mass is 9.94. The number of hydrogen-bond donors (Lipinski definition) is 3. The molecular formula is C22H25N3O4. The molecule has 3 amide bonds. The molecule has 2 aromatic rings. The van der Waals surface area contributed by atoms with Crippen molar-refractivity contribution in [2.45, 2.75) is 26.8 Å². The number of methoxy groups -OCH3 is 2. The number of allylic oxidation sites excluding steroid dienone is 1. The second-order valence-corrected chi connectivity index (χ2v) is 6.89. The van der Waals surface area contributed by atoms with Gasteiger partial charge in [0.05, 0.1) is 25.8 Å². The van der Waals surface area contributed by atoms with E-state index in [0.717, 1.165) is 16.8 Å². The van der Waals surface area contributed by atoms with Gasteiger partial charge in [0.2, 0.25) is 0 Å². The largest absolute Gasteiger partial charge is 0.493 e. The second kappa shape index (κ2) is 8.26. The van der Waals surface area contributed by atoms with Gasteiger partial charge in [-0.15, -0.1) is 0 Å². The van der Waals surface area contributed by atoms with Crippen molar-refractivity contribution in [1.82, 2.24) is 10.6 Å². The highest BCUT2D eigenvalue weighted by Gasteiger charge is 2.32. The van der Waals surface area contributed by atoms with Crippen LogP contribution in [0, 0.1) is 13.8 Å². The number of rotatable bonds is 5. The van der Waals surface area contributed by atoms with Gasteiger partial charge in [-0.2, -0.15) is 0 Å². The van der Waals surface area contributed by atoms with E-state index in [2.05, 4.69) is 16.0 Å². The molecule has 0 saturated carbocycles. The van der Waals surface area contributed by atoms with Gasteiger partial charge in [-0.25, -0.2) is 4.79 Å². The summed E-state index contributed by atoms with van der Waals surface area (Å²) in [6.45, 7) is 5.66. The molecule has 1 atom stereocenters. The predicted molar refractivity (Wildman–Crippen MR) is 111 cm³/mol. The lowest BCUT2D eigenvalue weighted by Crippen LogP contribution is -2.46. The van der Waals surface area contributed by atoms with E-state index in [1.807, 2.05) is 32.0 Å². The van der Waals surface area contributed by atoms with E-state index in [9.17, 15) is 9.59 Å². The summed E-state index contributed by atoms with van der Waals surface area (Å²) in [6.07, 6.45) is 0. The minimum Gasteiger partial charge on any atom is -0.493 e. The fraction of sp³-hybridized carbons (Fsp3) is 0.273. The fourth-order valence-electron chi connectivity index (χ4n) is 3.35. The molecular weight excluding hydrogens is 370 g/mol. The highest BCUT2D eigenvalue weighted by Crippen LogP contribution is 2.34. The third-order valence-electron chi connectivity index (χ3n) is 5.11. The maximum absolute atomic E-state index is 13.2. The van der Waals surface area contributed by atoms with Crippen LogP contribution in [0.25, 0.3) is 0 Å². The molecule has 1 unspecified atom stereocenters. The number of hydrogen-bond acceptors (Lipinski definition) is 4. The number of amides is 3. The first-order valence-corrected chi connectivity index (χ1v) is 9.23. The number of ether oxygens (including phenoxy) is 2. The van der Waals surface area contributed by atoms with Crippen molar-refractivity contribution in [2.24, 2.45) is 0 Å². The average molecular weight is 395 g/mol. The topological polar surface area (TPSA) is 88.7 Å². The summed E-state index contributed by atoms with van der Waals surface area (Å²) >= 11 is 0. The lowest BCUT2D eigenvalue weighted by Gasteiger charge is -2.29. The summed E-state index contributed by atoms with van der Waals surface area (Å²) in [5, 5.41) is 8.49. The van der Waals surface area contributed by atoms with Gasteiger partial charge in [-0.3, -0.25) is 4.79 Å². The van der Waals surface area contributed by atoms with E-state index in [1.54, 1.807) is 32.2 Å². The molecule has 0 aliphatic carbocycles. The van der Waals surface area contributed by atoms with Gasteiger partial charge in [0, 0.05) is 11.4 Å². The number of aryl methyl sites for hydroxylation is 1. The van der Waals surface area contributed by atoms with Crippen LogP contribution in [0.15, 0.2) is 47.7 Å². The van der Waals surface area contributed by atoms with Crippen molar-refractivity contribution in [3.8, 4) is 11.5 Å². The van der Waals surface area contributed by atoms with Gasteiger partial charge in [0.25, 0.3) is 5.91 Å². The van der Waals surface area contributed by atoms with E-state index >= 15 is 0 Å². The molecule has 0 fully saturated rings. The van der Waals surface area contributed by atoms with Crippen molar-refractivity contribution < 1.29 is 19.1 Å². The monoisotopic (exact) mass is 395 g/mol. The number of anilines is 1. The van der Waals surface area contributed by atoms with E-state index in [-0.39, 0.29) is 11.9 Å². The highest BCUT2D eigenvalue weighted by molar-refractivity contribution is 6.07. The van der Waals surface area contributed by atoms with Crippen molar-refractivity contribution in [2.75, 3.05) is 19.5 Å². The van der Waals surface area contributed by atoms with Crippen LogP contribution in [0.4, 0.5) is 10.5 Å². The number of nitrogens with one attached hydrogen (secondary N) is 3. The van der Waals surface area contributed by atoms with Crippen LogP contribution in [0.5, 0.6) is 11.5 Å². The van der Waals surface area contributed by atoms with Crippen LogP contribution in [-0.2, 0) is 4.79 Å². The zero-order chi connectivity index (χ0) is 21.1. The SMILES string of the molecule is COc1ccc(C2NC(=O)NC(C)=C2C(=O)Nc2cccc(C)c2C)cc1OC. The quantitative estimate of drug-likeness (QED) is 0.722. The molecule has 1 heterocycles. The van der Waals surface area contributed by atoms with Crippen LogP contribution >= 0.6 is 0 Å². The molecule has 0 radical (unpaired) electrons.